The molecule has 2 rings (SSSR count). The van der Waals surface area contributed by atoms with E-state index in [1.165, 1.54) is 0 Å². The topological polar surface area (TPSA) is 58.8 Å². The Labute approximate surface area is 120 Å². The number of nitrogen functional groups attached to an aromatic ring is 1. The highest BCUT2D eigenvalue weighted by Crippen LogP contribution is 2.29. The number of morpholine rings is 1. The quantitative estimate of drug-likeness (QED) is 0.852. The van der Waals surface area contributed by atoms with Gasteiger partial charge in [0.1, 0.15) is 0 Å². The lowest BCUT2D eigenvalue weighted by atomic mass is 10.1. The monoisotopic (exact) mass is 277 g/mol. The molecule has 110 valence electrons. The molecule has 1 aromatic carbocycles. The van der Waals surface area contributed by atoms with E-state index in [1.54, 1.807) is 25.1 Å². The first-order valence-corrected chi connectivity index (χ1v) is 7.00. The van der Waals surface area contributed by atoms with Crippen LogP contribution in [0.1, 0.15) is 23.7 Å². The van der Waals surface area contributed by atoms with E-state index in [2.05, 4.69) is 11.8 Å². The molecule has 0 spiro atoms. The summed E-state index contributed by atoms with van der Waals surface area (Å²) >= 11 is 0. The summed E-state index contributed by atoms with van der Waals surface area (Å²) in [6.07, 6.45) is 0.991. The van der Waals surface area contributed by atoms with Crippen molar-refractivity contribution < 1.29 is 9.53 Å². The van der Waals surface area contributed by atoms with Crippen molar-refractivity contribution in [2.75, 3.05) is 44.5 Å². The second-order valence-corrected chi connectivity index (χ2v) is 5.30. The average molecular weight is 277 g/mol. The minimum absolute atomic E-state index is 0.00689. The van der Waals surface area contributed by atoms with Crippen molar-refractivity contribution >= 4 is 17.3 Å². The van der Waals surface area contributed by atoms with E-state index in [-0.39, 0.29) is 5.91 Å². The molecular weight excluding hydrogens is 254 g/mol. The molecule has 0 bridgehead atoms. The predicted octanol–water partition coefficient (Wildman–Crippen LogP) is 1.59. The summed E-state index contributed by atoms with van der Waals surface area (Å²) in [6, 6.07) is 5.80. The Morgan fingerprint density at radius 1 is 1.50 bits per heavy atom. The van der Waals surface area contributed by atoms with Crippen LogP contribution in [0, 0.1) is 0 Å². The Bertz CT molecular complexity index is 488. The van der Waals surface area contributed by atoms with E-state index in [0.717, 1.165) is 18.7 Å². The van der Waals surface area contributed by atoms with Gasteiger partial charge in [-0.25, -0.2) is 0 Å². The van der Waals surface area contributed by atoms with E-state index in [4.69, 9.17) is 10.5 Å². The average Bonchev–Trinajstić information content (AvgIpc) is 2.47. The van der Waals surface area contributed by atoms with E-state index >= 15 is 0 Å². The van der Waals surface area contributed by atoms with E-state index in [0.29, 0.717) is 30.5 Å². The number of nitrogens with two attached hydrogens (primary N) is 1. The molecule has 1 heterocycles. The second-order valence-electron chi connectivity index (χ2n) is 5.30. The van der Waals surface area contributed by atoms with Crippen LogP contribution in [0.3, 0.4) is 0 Å². The molecule has 1 unspecified atom stereocenters. The first-order chi connectivity index (χ1) is 9.54. The maximum absolute atomic E-state index is 12.1. The number of benzene rings is 1. The minimum atomic E-state index is -0.00689. The molecule has 0 saturated carbocycles. The highest BCUT2D eigenvalue weighted by Gasteiger charge is 2.24. The summed E-state index contributed by atoms with van der Waals surface area (Å²) in [7, 11) is 3.50. The standard InChI is InChI=1S/C15H23N3O2/c1-4-12-10-20-8-7-18(12)14-9-11(5-6-13(14)16)15(19)17(2)3/h5-6,9,12H,4,7-8,10,16H2,1-3H3. The van der Waals surface area contributed by atoms with Crippen LogP contribution in [0.15, 0.2) is 18.2 Å². The first kappa shape index (κ1) is 14.7. The molecule has 5 nitrogen and oxygen atoms in total. The number of carbonyl (C=O) groups is 1. The molecule has 0 aliphatic carbocycles. The number of ether oxygens (including phenoxy) is 1. The van der Waals surface area contributed by atoms with Crippen LogP contribution in [-0.2, 0) is 4.74 Å². The second kappa shape index (κ2) is 6.13. The number of amides is 1. The molecule has 1 amide bonds. The lowest BCUT2D eigenvalue weighted by molar-refractivity contribution is 0.0827. The molecule has 1 aliphatic rings. The van der Waals surface area contributed by atoms with Gasteiger partial charge in [-0.15, -0.1) is 0 Å². The molecule has 2 N–H and O–H groups in total. The summed E-state index contributed by atoms with van der Waals surface area (Å²) in [4.78, 5) is 15.9. The minimum Gasteiger partial charge on any atom is -0.397 e. The summed E-state index contributed by atoms with van der Waals surface area (Å²) in [6.45, 7) is 4.35. The Morgan fingerprint density at radius 2 is 2.25 bits per heavy atom. The number of hydrogen-bond donors (Lipinski definition) is 1. The van der Waals surface area contributed by atoms with Crippen LogP contribution in [0.4, 0.5) is 11.4 Å². The highest BCUT2D eigenvalue weighted by molar-refractivity contribution is 5.96. The maximum Gasteiger partial charge on any atom is 0.253 e. The SMILES string of the molecule is CCC1COCCN1c1cc(C(=O)N(C)C)ccc1N. The van der Waals surface area contributed by atoms with Gasteiger partial charge >= 0.3 is 0 Å². The zero-order valence-corrected chi connectivity index (χ0v) is 12.4. The fourth-order valence-corrected chi connectivity index (χ4v) is 2.49. The molecular formula is C15H23N3O2. The summed E-state index contributed by atoms with van der Waals surface area (Å²) in [5, 5.41) is 0. The Balaban J connectivity index is 2.34. The third-order valence-electron chi connectivity index (χ3n) is 3.69. The van der Waals surface area contributed by atoms with Crippen LogP contribution in [-0.4, -0.2) is 50.7 Å². The summed E-state index contributed by atoms with van der Waals surface area (Å²) in [5.74, 6) is -0.00689. The van der Waals surface area contributed by atoms with Gasteiger partial charge in [0.25, 0.3) is 5.91 Å². The Hall–Kier alpha value is -1.75. The van der Waals surface area contributed by atoms with Gasteiger partial charge in [0.15, 0.2) is 0 Å². The van der Waals surface area contributed by atoms with Gasteiger partial charge in [-0.2, -0.15) is 0 Å². The van der Waals surface area contributed by atoms with Gasteiger partial charge in [0.05, 0.1) is 30.6 Å². The van der Waals surface area contributed by atoms with Crippen molar-refractivity contribution in [3.05, 3.63) is 23.8 Å². The first-order valence-electron chi connectivity index (χ1n) is 7.00. The van der Waals surface area contributed by atoms with Gasteiger partial charge in [0, 0.05) is 26.2 Å². The molecule has 1 aromatic rings. The van der Waals surface area contributed by atoms with E-state index in [1.807, 2.05) is 12.1 Å². The fourth-order valence-electron chi connectivity index (χ4n) is 2.49. The molecule has 0 aromatic heterocycles. The fraction of sp³-hybridized carbons (Fsp3) is 0.533. The number of rotatable bonds is 3. The zero-order valence-electron chi connectivity index (χ0n) is 12.4. The smallest absolute Gasteiger partial charge is 0.253 e. The van der Waals surface area contributed by atoms with Crippen molar-refractivity contribution in [3.8, 4) is 0 Å². The highest BCUT2D eigenvalue weighted by atomic mass is 16.5. The number of anilines is 2. The third-order valence-corrected chi connectivity index (χ3v) is 3.69. The van der Waals surface area contributed by atoms with Crippen LogP contribution in [0.5, 0.6) is 0 Å². The van der Waals surface area contributed by atoms with Crippen molar-refractivity contribution in [3.63, 3.8) is 0 Å². The number of nitrogens with zero attached hydrogens (tertiary/aromatic N) is 2. The van der Waals surface area contributed by atoms with Gasteiger partial charge in [0.2, 0.25) is 0 Å². The van der Waals surface area contributed by atoms with Gasteiger partial charge < -0.3 is 20.3 Å². The molecule has 1 atom stereocenters. The van der Waals surface area contributed by atoms with Gasteiger partial charge in [-0.3, -0.25) is 4.79 Å². The van der Waals surface area contributed by atoms with Crippen LogP contribution in [0.25, 0.3) is 0 Å². The molecule has 5 heteroatoms. The normalized spacial score (nSPS) is 18.9. The Morgan fingerprint density at radius 3 is 2.90 bits per heavy atom. The van der Waals surface area contributed by atoms with E-state index in [9.17, 15) is 4.79 Å². The van der Waals surface area contributed by atoms with Gasteiger partial charge in [-0.1, -0.05) is 6.92 Å². The lowest BCUT2D eigenvalue weighted by Crippen LogP contribution is -2.45. The molecule has 1 fully saturated rings. The molecule has 0 radical (unpaired) electrons. The molecule has 1 aliphatic heterocycles. The summed E-state index contributed by atoms with van der Waals surface area (Å²) < 4.78 is 5.52. The number of hydrogen-bond acceptors (Lipinski definition) is 4. The molecule has 20 heavy (non-hydrogen) atoms. The van der Waals surface area contributed by atoms with Crippen molar-refractivity contribution in [1.82, 2.24) is 4.90 Å². The third kappa shape index (κ3) is 2.88. The zero-order chi connectivity index (χ0) is 14.7. The predicted molar refractivity (Wildman–Crippen MR) is 81.1 cm³/mol. The van der Waals surface area contributed by atoms with Gasteiger partial charge in [-0.05, 0) is 24.6 Å². The lowest BCUT2D eigenvalue weighted by Gasteiger charge is -2.37. The van der Waals surface area contributed by atoms with Crippen LogP contribution >= 0.6 is 0 Å². The maximum atomic E-state index is 12.1. The van der Waals surface area contributed by atoms with Crippen LogP contribution < -0.4 is 10.6 Å². The largest absolute Gasteiger partial charge is 0.397 e. The molecule has 1 saturated heterocycles. The van der Waals surface area contributed by atoms with E-state index < -0.39 is 0 Å². The Kier molecular flexibility index (Phi) is 4.49. The number of carbonyl (C=O) groups excluding carboxylic acids is 1. The summed E-state index contributed by atoms with van der Waals surface area (Å²) in [5.41, 5.74) is 8.42. The van der Waals surface area contributed by atoms with Crippen LogP contribution in [0.2, 0.25) is 0 Å². The van der Waals surface area contributed by atoms with Crippen molar-refractivity contribution in [1.29, 1.82) is 0 Å². The van der Waals surface area contributed by atoms with Crippen molar-refractivity contribution in [2.45, 2.75) is 19.4 Å². The van der Waals surface area contributed by atoms with Crippen molar-refractivity contribution in [2.24, 2.45) is 0 Å².